The summed E-state index contributed by atoms with van der Waals surface area (Å²) in [5.41, 5.74) is 2.04. The van der Waals surface area contributed by atoms with Gasteiger partial charge in [0.25, 0.3) is 0 Å². The van der Waals surface area contributed by atoms with Crippen LogP contribution in [0.2, 0.25) is 0 Å². The van der Waals surface area contributed by atoms with Crippen molar-refractivity contribution in [3.63, 3.8) is 0 Å². The number of hydrogen-bond acceptors (Lipinski definition) is 2. The second-order valence-corrected chi connectivity index (χ2v) is 3.87. The van der Waals surface area contributed by atoms with Gasteiger partial charge in [-0.3, -0.25) is 4.79 Å². The molecule has 0 bridgehead atoms. The molecule has 16 heavy (non-hydrogen) atoms. The van der Waals surface area contributed by atoms with E-state index in [-0.39, 0.29) is 5.91 Å². The van der Waals surface area contributed by atoms with Crippen LogP contribution in [-0.4, -0.2) is 19.5 Å². The van der Waals surface area contributed by atoms with Crippen molar-refractivity contribution in [1.82, 2.24) is 0 Å². The monoisotopic (exact) mass is 220 g/mol. The van der Waals surface area contributed by atoms with Gasteiger partial charge in [0, 0.05) is 31.4 Å². The second kappa shape index (κ2) is 6.16. The molecule has 1 N–H and O–H groups in total. The van der Waals surface area contributed by atoms with E-state index in [0.717, 1.165) is 18.7 Å². The quantitative estimate of drug-likeness (QED) is 0.827. The molecule has 1 rings (SSSR count). The normalized spacial score (nSPS) is 9.94. The van der Waals surface area contributed by atoms with Crippen molar-refractivity contribution in [2.24, 2.45) is 0 Å². The van der Waals surface area contributed by atoms with Crippen LogP contribution in [0.25, 0.3) is 0 Å². The molecule has 0 heterocycles. The zero-order valence-corrected chi connectivity index (χ0v) is 10.3. The number of amides is 1. The number of carbonyl (C=O) groups excluding carboxylic acids is 1. The summed E-state index contributed by atoms with van der Waals surface area (Å²) in [5.74, 6) is 0.0506. The Bertz CT molecular complexity index is 332. The van der Waals surface area contributed by atoms with Crippen molar-refractivity contribution >= 4 is 17.3 Å². The molecule has 0 aliphatic carbocycles. The molecule has 0 aromatic heterocycles. The molecule has 0 radical (unpaired) electrons. The molecule has 0 saturated heterocycles. The van der Waals surface area contributed by atoms with Crippen LogP contribution in [0.3, 0.4) is 0 Å². The SMILES string of the molecule is CCCN(C)c1ccc(NC(=O)CC)cc1. The van der Waals surface area contributed by atoms with E-state index in [9.17, 15) is 4.79 Å². The molecule has 3 heteroatoms. The summed E-state index contributed by atoms with van der Waals surface area (Å²) >= 11 is 0. The Morgan fingerprint density at radius 2 is 1.88 bits per heavy atom. The van der Waals surface area contributed by atoms with E-state index in [2.05, 4.69) is 24.2 Å². The lowest BCUT2D eigenvalue weighted by atomic mass is 10.2. The molecule has 0 atom stereocenters. The van der Waals surface area contributed by atoms with Gasteiger partial charge in [0.2, 0.25) is 5.91 Å². The van der Waals surface area contributed by atoms with E-state index in [0.29, 0.717) is 6.42 Å². The fraction of sp³-hybridized carbons (Fsp3) is 0.462. The molecule has 3 nitrogen and oxygen atoms in total. The van der Waals surface area contributed by atoms with E-state index < -0.39 is 0 Å². The lowest BCUT2D eigenvalue weighted by molar-refractivity contribution is -0.115. The molecule has 1 amide bonds. The van der Waals surface area contributed by atoms with Crippen LogP contribution in [-0.2, 0) is 4.79 Å². The first kappa shape index (κ1) is 12.6. The fourth-order valence-electron chi connectivity index (χ4n) is 1.51. The van der Waals surface area contributed by atoms with Gasteiger partial charge in [0.15, 0.2) is 0 Å². The number of carbonyl (C=O) groups is 1. The van der Waals surface area contributed by atoms with E-state index in [1.54, 1.807) is 0 Å². The summed E-state index contributed by atoms with van der Waals surface area (Å²) in [6.07, 6.45) is 1.64. The summed E-state index contributed by atoms with van der Waals surface area (Å²) in [5, 5.41) is 2.83. The molecule has 1 aromatic rings. The van der Waals surface area contributed by atoms with E-state index in [4.69, 9.17) is 0 Å². The first-order chi connectivity index (χ1) is 7.67. The zero-order valence-electron chi connectivity index (χ0n) is 10.3. The largest absolute Gasteiger partial charge is 0.375 e. The van der Waals surface area contributed by atoms with E-state index >= 15 is 0 Å². The third-order valence-corrected chi connectivity index (χ3v) is 2.47. The van der Waals surface area contributed by atoms with Gasteiger partial charge < -0.3 is 10.2 Å². The van der Waals surface area contributed by atoms with Crippen LogP contribution in [0.5, 0.6) is 0 Å². The summed E-state index contributed by atoms with van der Waals surface area (Å²) in [6.45, 7) is 5.05. The van der Waals surface area contributed by atoms with Gasteiger partial charge >= 0.3 is 0 Å². The van der Waals surface area contributed by atoms with E-state index in [1.807, 2.05) is 31.2 Å². The first-order valence-corrected chi connectivity index (χ1v) is 5.78. The van der Waals surface area contributed by atoms with Crippen molar-refractivity contribution < 1.29 is 4.79 Å². The van der Waals surface area contributed by atoms with Gasteiger partial charge in [0.1, 0.15) is 0 Å². The number of rotatable bonds is 5. The maximum atomic E-state index is 11.2. The van der Waals surface area contributed by atoms with Gasteiger partial charge in [-0.2, -0.15) is 0 Å². The first-order valence-electron chi connectivity index (χ1n) is 5.78. The molecule has 0 aliphatic rings. The van der Waals surface area contributed by atoms with Crippen molar-refractivity contribution in [3.8, 4) is 0 Å². The van der Waals surface area contributed by atoms with E-state index in [1.165, 1.54) is 5.69 Å². The van der Waals surface area contributed by atoms with Crippen LogP contribution in [0.4, 0.5) is 11.4 Å². The van der Waals surface area contributed by atoms with Crippen LogP contribution in [0, 0.1) is 0 Å². The van der Waals surface area contributed by atoms with Gasteiger partial charge in [0.05, 0.1) is 0 Å². The minimum atomic E-state index is 0.0506. The number of hydrogen-bond donors (Lipinski definition) is 1. The molecule has 1 aromatic carbocycles. The van der Waals surface area contributed by atoms with Crippen LogP contribution >= 0.6 is 0 Å². The highest BCUT2D eigenvalue weighted by molar-refractivity contribution is 5.90. The Kier molecular flexibility index (Phi) is 4.83. The molecule has 0 unspecified atom stereocenters. The molecular formula is C13H20N2O. The highest BCUT2D eigenvalue weighted by atomic mass is 16.1. The highest BCUT2D eigenvalue weighted by Crippen LogP contribution is 2.17. The van der Waals surface area contributed by atoms with Crippen LogP contribution in [0.15, 0.2) is 24.3 Å². The average Bonchev–Trinajstić information content (AvgIpc) is 2.30. The minimum absolute atomic E-state index is 0.0506. The standard InChI is InChI=1S/C13H20N2O/c1-4-10-15(3)12-8-6-11(7-9-12)14-13(16)5-2/h6-9H,4-5,10H2,1-3H3,(H,14,16). The predicted molar refractivity (Wildman–Crippen MR) is 68.9 cm³/mol. The topological polar surface area (TPSA) is 32.3 Å². The third kappa shape index (κ3) is 3.57. The van der Waals surface area contributed by atoms with Gasteiger partial charge in [-0.25, -0.2) is 0 Å². The Hall–Kier alpha value is -1.51. The summed E-state index contributed by atoms with van der Waals surface area (Å²) in [7, 11) is 2.07. The van der Waals surface area contributed by atoms with Crippen LogP contribution < -0.4 is 10.2 Å². The molecule has 0 aliphatic heterocycles. The molecule has 0 saturated carbocycles. The predicted octanol–water partition coefficient (Wildman–Crippen LogP) is 2.88. The lowest BCUT2D eigenvalue weighted by Gasteiger charge is -2.18. The van der Waals surface area contributed by atoms with Gasteiger partial charge in [-0.15, -0.1) is 0 Å². The van der Waals surface area contributed by atoms with Gasteiger partial charge in [-0.05, 0) is 30.7 Å². The number of anilines is 2. The average molecular weight is 220 g/mol. The van der Waals surface area contributed by atoms with Crippen LogP contribution in [0.1, 0.15) is 26.7 Å². The van der Waals surface area contributed by atoms with Crippen molar-refractivity contribution in [2.45, 2.75) is 26.7 Å². The van der Waals surface area contributed by atoms with Crippen molar-refractivity contribution in [1.29, 1.82) is 0 Å². The maximum Gasteiger partial charge on any atom is 0.224 e. The van der Waals surface area contributed by atoms with Crippen molar-refractivity contribution in [2.75, 3.05) is 23.8 Å². The Labute approximate surface area is 97.5 Å². The summed E-state index contributed by atoms with van der Waals surface area (Å²) in [4.78, 5) is 13.4. The zero-order chi connectivity index (χ0) is 12.0. The molecular weight excluding hydrogens is 200 g/mol. The Morgan fingerprint density at radius 1 is 1.25 bits per heavy atom. The molecule has 0 spiro atoms. The van der Waals surface area contributed by atoms with Crippen molar-refractivity contribution in [3.05, 3.63) is 24.3 Å². The summed E-state index contributed by atoms with van der Waals surface area (Å²) < 4.78 is 0. The maximum absolute atomic E-state index is 11.2. The van der Waals surface area contributed by atoms with Gasteiger partial charge in [-0.1, -0.05) is 13.8 Å². The Balaban J connectivity index is 2.64. The lowest BCUT2D eigenvalue weighted by Crippen LogP contribution is -2.17. The fourth-order valence-corrected chi connectivity index (χ4v) is 1.51. The molecule has 88 valence electrons. The highest BCUT2D eigenvalue weighted by Gasteiger charge is 2.01. The number of nitrogens with zero attached hydrogens (tertiary/aromatic N) is 1. The number of nitrogens with one attached hydrogen (secondary N) is 1. The molecule has 0 fully saturated rings. The minimum Gasteiger partial charge on any atom is -0.375 e. The third-order valence-electron chi connectivity index (χ3n) is 2.47. The second-order valence-electron chi connectivity index (χ2n) is 3.87. The number of benzene rings is 1. The smallest absolute Gasteiger partial charge is 0.224 e. The Morgan fingerprint density at radius 3 is 2.38 bits per heavy atom. The summed E-state index contributed by atoms with van der Waals surface area (Å²) in [6, 6.07) is 7.94.